The third-order valence-corrected chi connectivity index (χ3v) is 10.3. The van der Waals surface area contributed by atoms with E-state index in [2.05, 4.69) is 33.3 Å². The van der Waals surface area contributed by atoms with E-state index in [9.17, 15) is 14.7 Å². The number of benzene rings is 3. The van der Waals surface area contributed by atoms with E-state index in [0.29, 0.717) is 61.9 Å². The van der Waals surface area contributed by atoms with Gasteiger partial charge in [0.1, 0.15) is 0 Å². The number of amides is 2. The highest BCUT2D eigenvalue weighted by Crippen LogP contribution is 2.36. The topological polar surface area (TPSA) is 106 Å². The Kier molecular flexibility index (Phi) is 9.85. The number of anilines is 1. The monoisotopic (exact) mass is 691 g/mol. The maximum absolute atomic E-state index is 13.8. The summed E-state index contributed by atoms with van der Waals surface area (Å²) in [6.45, 7) is 4.08. The van der Waals surface area contributed by atoms with Gasteiger partial charge in [0.2, 0.25) is 5.91 Å². The highest BCUT2D eigenvalue weighted by Gasteiger charge is 2.35. The Hall–Kier alpha value is -4.77. The predicted molar refractivity (Wildman–Crippen MR) is 194 cm³/mol. The molecule has 0 radical (unpaired) electrons. The minimum atomic E-state index is -0.889. The number of aromatic nitrogens is 3. The van der Waals surface area contributed by atoms with Gasteiger partial charge >= 0.3 is 0 Å². The molecule has 2 amide bonds. The molecule has 10 nitrogen and oxygen atoms in total. The van der Waals surface area contributed by atoms with Gasteiger partial charge in [0.25, 0.3) is 5.91 Å². The molecule has 4 heterocycles. The van der Waals surface area contributed by atoms with Crippen LogP contribution in [0.3, 0.4) is 0 Å². The van der Waals surface area contributed by atoms with Crippen LogP contribution in [0.1, 0.15) is 52.1 Å². The number of piperidine rings is 1. The normalized spacial score (nSPS) is 17.9. The maximum Gasteiger partial charge on any atom is 0.254 e. The van der Waals surface area contributed by atoms with Crippen molar-refractivity contribution in [3.63, 3.8) is 0 Å². The van der Waals surface area contributed by atoms with Crippen LogP contribution in [0.5, 0.6) is 0 Å². The molecule has 2 fully saturated rings. The number of hydrogen-bond donors (Lipinski definition) is 2. The van der Waals surface area contributed by atoms with Crippen molar-refractivity contribution < 1.29 is 14.7 Å². The fourth-order valence-electron chi connectivity index (χ4n) is 7.20. The minimum absolute atomic E-state index is 0.0650. The molecule has 0 bridgehead atoms. The quantitative estimate of drug-likeness (QED) is 0.226. The standard InChI is InChI=1S/C39H42ClN7O3/c1-41-36(48)25-33-27-44(26-29-6-3-2-4-7-29)22-23-46(33)38(49)30-11-9-28(10-12-30)24-35-42-37-34(8-5-19-47(37)43-35)45-20-17-39(50,18-21-45)31-13-15-32(40)16-14-31/h2-16,19,33,50H,17-18,20-27H2,1H3,(H,41,48). The first-order chi connectivity index (χ1) is 24.3. The molecular weight excluding hydrogens is 650 g/mol. The van der Waals surface area contributed by atoms with Crippen molar-refractivity contribution in [2.24, 2.45) is 0 Å². The molecule has 258 valence electrons. The van der Waals surface area contributed by atoms with Gasteiger partial charge in [-0.15, -0.1) is 0 Å². The second kappa shape index (κ2) is 14.6. The number of carbonyl (C=O) groups excluding carboxylic acids is 2. The van der Waals surface area contributed by atoms with Gasteiger partial charge in [-0.1, -0.05) is 66.2 Å². The molecule has 50 heavy (non-hydrogen) atoms. The third kappa shape index (κ3) is 7.38. The second-order valence-electron chi connectivity index (χ2n) is 13.3. The Balaban J connectivity index is 1.01. The number of aliphatic hydroxyl groups is 1. The summed E-state index contributed by atoms with van der Waals surface area (Å²) >= 11 is 6.07. The molecule has 0 saturated carbocycles. The number of nitrogens with zero attached hydrogens (tertiary/aromatic N) is 6. The Morgan fingerprint density at radius 1 is 0.900 bits per heavy atom. The highest BCUT2D eigenvalue weighted by molar-refractivity contribution is 6.30. The zero-order valence-electron chi connectivity index (χ0n) is 28.2. The van der Waals surface area contributed by atoms with Crippen molar-refractivity contribution in [1.82, 2.24) is 29.7 Å². The number of piperazine rings is 1. The van der Waals surface area contributed by atoms with Crippen LogP contribution in [0.15, 0.2) is 97.2 Å². The van der Waals surface area contributed by atoms with Gasteiger partial charge in [-0.3, -0.25) is 14.5 Å². The van der Waals surface area contributed by atoms with Crippen molar-refractivity contribution in [3.8, 4) is 0 Å². The van der Waals surface area contributed by atoms with Gasteiger partial charge in [-0.25, -0.2) is 9.50 Å². The van der Waals surface area contributed by atoms with Crippen LogP contribution in [-0.4, -0.2) is 87.1 Å². The Morgan fingerprint density at radius 2 is 1.64 bits per heavy atom. The predicted octanol–water partition coefficient (Wildman–Crippen LogP) is 4.92. The molecule has 2 saturated heterocycles. The number of carbonyl (C=O) groups is 2. The number of hydrogen-bond acceptors (Lipinski definition) is 7. The number of pyridine rings is 1. The van der Waals surface area contributed by atoms with Gasteiger partial charge in [-0.2, -0.15) is 5.10 Å². The van der Waals surface area contributed by atoms with E-state index in [4.69, 9.17) is 21.7 Å². The van der Waals surface area contributed by atoms with Crippen molar-refractivity contribution >= 4 is 34.7 Å². The number of rotatable bonds is 9. The molecular formula is C39H42ClN7O3. The largest absolute Gasteiger partial charge is 0.385 e. The average molecular weight is 692 g/mol. The van der Waals surface area contributed by atoms with Gasteiger partial charge in [0, 0.05) is 75.9 Å². The molecule has 2 aliphatic rings. The summed E-state index contributed by atoms with van der Waals surface area (Å²) < 4.78 is 1.81. The maximum atomic E-state index is 13.8. The second-order valence-corrected chi connectivity index (χ2v) is 13.8. The highest BCUT2D eigenvalue weighted by atomic mass is 35.5. The van der Waals surface area contributed by atoms with Gasteiger partial charge in [0.05, 0.1) is 17.3 Å². The average Bonchev–Trinajstić information content (AvgIpc) is 3.55. The Labute approximate surface area is 297 Å². The summed E-state index contributed by atoms with van der Waals surface area (Å²) in [5.74, 6) is 0.545. The lowest BCUT2D eigenvalue weighted by Gasteiger charge is -2.41. The summed E-state index contributed by atoms with van der Waals surface area (Å²) in [6, 6.07) is 29.2. The summed E-state index contributed by atoms with van der Waals surface area (Å²) in [6.07, 6.45) is 3.87. The van der Waals surface area contributed by atoms with Gasteiger partial charge in [-0.05, 0) is 65.9 Å². The molecule has 1 unspecified atom stereocenters. The molecule has 2 aromatic heterocycles. The third-order valence-electron chi connectivity index (χ3n) is 10.0. The first kappa shape index (κ1) is 33.7. The lowest BCUT2D eigenvalue weighted by Crippen LogP contribution is -2.56. The molecule has 0 spiro atoms. The zero-order chi connectivity index (χ0) is 34.7. The van der Waals surface area contributed by atoms with E-state index >= 15 is 0 Å². The molecule has 0 aliphatic carbocycles. The van der Waals surface area contributed by atoms with Crippen LogP contribution < -0.4 is 10.2 Å². The SMILES string of the molecule is CNC(=O)CC1CN(Cc2ccccc2)CCN1C(=O)c1ccc(Cc2nc3c(N4CCC(O)(c5ccc(Cl)cc5)CC4)cccn3n2)cc1. The fraction of sp³-hybridized carbons (Fsp3) is 0.333. The van der Waals surface area contributed by atoms with E-state index in [-0.39, 0.29) is 24.3 Å². The number of fused-ring (bicyclic) bond motifs is 1. The summed E-state index contributed by atoms with van der Waals surface area (Å²) in [5, 5.41) is 19.5. The smallest absolute Gasteiger partial charge is 0.254 e. The lowest BCUT2D eigenvalue weighted by atomic mass is 9.84. The van der Waals surface area contributed by atoms with Crippen LogP contribution >= 0.6 is 11.6 Å². The Morgan fingerprint density at radius 3 is 2.36 bits per heavy atom. The molecule has 5 aromatic rings. The molecule has 3 aromatic carbocycles. The minimum Gasteiger partial charge on any atom is -0.385 e. The number of nitrogens with one attached hydrogen (secondary N) is 1. The van der Waals surface area contributed by atoms with Crippen LogP contribution in [0.2, 0.25) is 5.02 Å². The van der Waals surface area contributed by atoms with Crippen molar-refractivity contribution in [1.29, 1.82) is 0 Å². The number of halogens is 1. The summed E-state index contributed by atoms with van der Waals surface area (Å²) in [4.78, 5) is 37.6. The van der Waals surface area contributed by atoms with E-state index < -0.39 is 5.60 Å². The van der Waals surface area contributed by atoms with Gasteiger partial charge < -0.3 is 20.2 Å². The molecule has 2 aliphatic heterocycles. The van der Waals surface area contributed by atoms with E-state index in [1.165, 1.54) is 5.56 Å². The zero-order valence-corrected chi connectivity index (χ0v) is 29.0. The molecule has 1 atom stereocenters. The van der Waals surface area contributed by atoms with Crippen molar-refractivity contribution in [2.75, 3.05) is 44.7 Å². The van der Waals surface area contributed by atoms with Crippen LogP contribution in [0, 0.1) is 0 Å². The van der Waals surface area contributed by atoms with Crippen molar-refractivity contribution in [2.45, 2.75) is 43.9 Å². The molecule has 7 rings (SSSR count). The summed E-state index contributed by atoms with van der Waals surface area (Å²) in [7, 11) is 1.63. The first-order valence-electron chi connectivity index (χ1n) is 17.2. The van der Waals surface area contributed by atoms with Gasteiger partial charge in [0.15, 0.2) is 11.5 Å². The van der Waals surface area contributed by atoms with Crippen LogP contribution in [0.4, 0.5) is 5.69 Å². The lowest BCUT2D eigenvalue weighted by molar-refractivity contribution is -0.122. The Bertz CT molecular complexity index is 1940. The van der Waals surface area contributed by atoms with Crippen LogP contribution in [0.25, 0.3) is 5.65 Å². The molecule has 11 heteroatoms. The first-order valence-corrected chi connectivity index (χ1v) is 17.6. The van der Waals surface area contributed by atoms with Crippen molar-refractivity contribution in [3.05, 3.63) is 130 Å². The van der Waals surface area contributed by atoms with E-state index in [1.54, 1.807) is 7.05 Å². The molecule has 2 N–H and O–H groups in total. The summed E-state index contributed by atoms with van der Waals surface area (Å²) in [5.41, 5.74) is 4.58. The van der Waals surface area contributed by atoms with E-state index in [1.807, 2.05) is 88.4 Å². The van der Waals surface area contributed by atoms with Crippen LogP contribution in [-0.2, 0) is 23.4 Å². The van der Waals surface area contributed by atoms with E-state index in [0.717, 1.165) is 35.6 Å². The fourth-order valence-corrected chi connectivity index (χ4v) is 7.33.